The van der Waals surface area contributed by atoms with E-state index in [0.717, 1.165) is 0 Å². The second-order valence-corrected chi connectivity index (χ2v) is 8.73. The van der Waals surface area contributed by atoms with Crippen molar-refractivity contribution in [1.29, 1.82) is 0 Å². The van der Waals surface area contributed by atoms with E-state index >= 15 is 0 Å². The van der Waals surface area contributed by atoms with Crippen molar-refractivity contribution >= 4 is 32.9 Å². The van der Waals surface area contributed by atoms with Crippen LogP contribution in [0.25, 0.3) is 0 Å². The van der Waals surface area contributed by atoms with E-state index in [2.05, 4.69) is 5.32 Å². The van der Waals surface area contributed by atoms with E-state index in [0.29, 0.717) is 23.4 Å². The maximum absolute atomic E-state index is 12.6. The van der Waals surface area contributed by atoms with Crippen LogP contribution >= 0.6 is 11.6 Å². The van der Waals surface area contributed by atoms with Crippen LogP contribution < -0.4 is 5.32 Å². The van der Waals surface area contributed by atoms with Gasteiger partial charge in [0.15, 0.2) is 15.6 Å². The average Bonchev–Trinajstić information content (AvgIpc) is 2.89. The third-order valence-electron chi connectivity index (χ3n) is 4.71. The second-order valence-electron chi connectivity index (χ2n) is 6.25. The molecule has 1 aromatic rings. The largest absolute Gasteiger partial charge is 0.367 e. The third kappa shape index (κ3) is 2.54. The highest BCUT2D eigenvalue weighted by Gasteiger charge is 2.45. The van der Waals surface area contributed by atoms with Gasteiger partial charge in [-0.15, -0.1) is 0 Å². The van der Waals surface area contributed by atoms with Crippen molar-refractivity contribution in [2.75, 3.05) is 19.0 Å². The smallest absolute Gasteiger partial charge is 0.288 e. The van der Waals surface area contributed by atoms with Crippen molar-refractivity contribution in [2.45, 2.75) is 12.3 Å². The standard InChI is InChI=1S/C16H13ClN2O6S/c17-9-2-1-8(5-12(9)19(21)22)14-15-11(6-25-7-13(15)20)18-10-3-4-26(23,24)16(10)14/h1-2,5,14,18H,3-4,6-7H2/t14-/m0/s1. The fraction of sp³-hybridized carbons (Fsp3) is 0.312. The number of rotatable bonds is 2. The Morgan fingerprint density at radius 2 is 2.04 bits per heavy atom. The highest BCUT2D eigenvalue weighted by Crippen LogP contribution is 2.46. The van der Waals surface area contributed by atoms with Crippen molar-refractivity contribution < 1.29 is 22.9 Å². The summed E-state index contributed by atoms with van der Waals surface area (Å²) in [6.45, 7) is -0.000554. The van der Waals surface area contributed by atoms with Crippen LogP contribution in [0, 0.1) is 10.1 Å². The number of ether oxygens (including phenoxy) is 1. The van der Waals surface area contributed by atoms with Crippen molar-refractivity contribution in [3.05, 3.63) is 60.8 Å². The fourth-order valence-corrected chi connectivity index (χ4v) is 5.64. The number of hydrogen-bond acceptors (Lipinski definition) is 7. The molecule has 136 valence electrons. The Morgan fingerprint density at radius 3 is 2.77 bits per heavy atom. The molecule has 3 aliphatic rings. The second kappa shape index (κ2) is 5.90. The number of benzene rings is 1. The molecular weight excluding hydrogens is 384 g/mol. The number of nitro groups is 1. The number of halogens is 1. The quantitative estimate of drug-likeness (QED) is 0.598. The number of ketones is 1. The summed E-state index contributed by atoms with van der Waals surface area (Å²) >= 11 is 5.88. The third-order valence-corrected chi connectivity index (χ3v) is 6.92. The first kappa shape index (κ1) is 17.2. The molecule has 0 aliphatic carbocycles. The predicted octanol–water partition coefficient (Wildman–Crippen LogP) is 1.82. The molecule has 0 bridgehead atoms. The first-order valence-electron chi connectivity index (χ1n) is 7.80. The Labute approximate surface area is 153 Å². The lowest BCUT2D eigenvalue weighted by atomic mass is 9.83. The van der Waals surface area contributed by atoms with Gasteiger partial charge in [-0.1, -0.05) is 17.7 Å². The lowest BCUT2D eigenvalue weighted by molar-refractivity contribution is -0.384. The average molecular weight is 397 g/mol. The van der Waals surface area contributed by atoms with Gasteiger partial charge in [0.1, 0.15) is 11.6 Å². The van der Waals surface area contributed by atoms with E-state index in [4.69, 9.17) is 16.3 Å². The highest BCUT2D eigenvalue weighted by atomic mass is 35.5. The molecule has 1 atom stereocenters. The Morgan fingerprint density at radius 1 is 1.27 bits per heavy atom. The van der Waals surface area contributed by atoms with Gasteiger partial charge in [0, 0.05) is 29.5 Å². The fourth-order valence-electron chi connectivity index (χ4n) is 3.62. The Hall–Kier alpha value is -2.23. The summed E-state index contributed by atoms with van der Waals surface area (Å²) in [5.74, 6) is -1.29. The molecule has 1 aromatic carbocycles. The summed E-state index contributed by atoms with van der Waals surface area (Å²) in [4.78, 5) is 23.2. The van der Waals surface area contributed by atoms with E-state index < -0.39 is 20.7 Å². The Kier molecular flexibility index (Phi) is 3.90. The highest BCUT2D eigenvalue weighted by molar-refractivity contribution is 7.95. The number of allylic oxidation sites excluding steroid dienone is 2. The van der Waals surface area contributed by atoms with E-state index in [-0.39, 0.29) is 45.9 Å². The minimum absolute atomic E-state index is 0.0522. The number of nitrogens with one attached hydrogen (secondary N) is 1. The summed E-state index contributed by atoms with van der Waals surface area (Å²) in [5.41, 5.74) is 1.34. The van der Waals surface area contributed by atoms with E-state index in [1.165, 1.54) is 18.2 Å². The van der Waals surface area contributed by atoms with Crippen molar-refractivity contribution in [3.8, 4) is 0 Å². The summed E-state index contributed by atoms with van der Waals surface area (Å²) in [7, 11) is -3.57. The zero-order valence-electron chi connectivity index (χ0n) is 13.3. The normalized spacial score (nSPS) is 24.2. The number of sulfone groups is 1. The van der Waals surface area contributed by atoms with Gasteiger partial charge < -0.3 is 10.1 Å². The SMILES string of the molecule is O=C1COCC2=C1[C@H](c1ccc(Cl)c([N+](=O)[O-])c1)C1=C(CCS1(=O)=O)N2. The molecule has 0 fully saturated rings. The molecular formula is C16H13ClN2O6S. The van der Waals surface area contributed by atoms with Crippen LogP contribution in [0.3, 0.4) is 0 Å². The van der Waals surface area contributed by atoms with Crippen LogP contribution in [-0.2, 0) is 19.4 Å². The number of carbonyl (C=O) groups excluding carboxylic acids is 1. The number of hydrogen-bond donors (Lipinski definition) is 1. The molecule has 0 radical (unpaired) electrons. The molecule has 8 nitrogen and oxygen atoms in total. The van der Waals surface area contributed by atoms with Crippen LogP contribution in [0.1, 0.15) is 17.9 Å². The number of carbonyl (C=O) groups is 1. The molecule has 0 amide bonds. The van der Waals surface area contributed by atoms with Gasteiger partial charge in [-0.3, -0.25) is 14.9 Å². The van der Waals surface area contributed by atoms with Crippen LogP contribution in [0.5, 0.6) is 0 Å². The van der Waals surface area contributed by atoms with Gasteiger partial charge in [0.05, 0.1) is 28.1 Å². The van der Waals surface area contributed by atoms with Crippen LogP contribution in [0.15, 0.2) is 40.1 Å². The van der Waals surface area contributed by atoms with Gasteiger partial charge in [0.25, 0.3) is 5.69 Å². The van der Waals surface area contributed by atoms with E-state index in [9.17, 15) is 23.3 Å². The van der Waals surface area contributed by atoms with Crippen LogP contribution in [0.4, 0.5) is 5.69 Å². The zero-order valence-corrected chi connectivity index (χ0v) is 14.9. The zero-order chi connectivity index (χ0) is 18.6. The van der Waals surface area contributed by atoms with Crippen LogP contribution in [0.2, 0.25) is 5.02 Å². The van der Waals surface area contributed by atoms with Gasteiger partial charge in [-0.25, -0.2) is 8.42 Å². The molecule has 0 spiro atoms. The number of nitro benzene ring substituents is 1. The molecule has 0 saturated heterocycles. The molecule has 3 heterocycles. The first-order valence-corrected chi connectivity index (χ1v) is 9.83. The summed E-state index contributed by atoms with van der Waals surface area (Å²) < 4.78 is 30.5. The number of Topliss-reactive ketones (excluding diaryl/α,β-unsaturated/α-hetero) is 1. The topological polar surface area (TPSA) is 116 Å². The lowest BCUT2D eigenvalue weighted by Crippen LogP contribution is -2.36. The number of nitrogens with zero attached hydrogens (tertiary/aromatic N) is 1. The van der Waals surface area contributed by atoms with E-state index in [1.54, 1.807) is 0 Å². The molecule has 26 heavy (non-hydrogen) atoms. The van der Waals surface area contributed by atoms with Gasteiger partial charge in [0.2, 0.25) is 0 Å². The van der Waals surface area contributed by atoms with Crippen molar-refractivity contribution in [3.63, 3.8) is 0 Å². The van der Waals surface area contributed by atoms with Crippen molar-refractivity contribution in [1.82, 2.24) is 5.32 Å². The predicted molar refractivity (Wildman–Crippen MR) is 92.3 cm³/mol. The van der Waals surface area contributed by atoms with Gasteiger partial charge >= 0.3 is 0 Å². The molecule has 0 saturated carbocycles. The molecule has 1 N–H and O–H groups in total. The van der Waals surface area contributed by atoms with Crippen LogP contribution in [-0.4, -0.2) is 38.1 Å². The summed E-state index contributed by atoms with van der Waals surface area (Å²) in [5, 5.41) is 14.2. The molecule has 10 heteroatoms. The Bertz CT molecular complexity index is 1030. The molecule has 4 rings (SSSR count). The molecule has 3 aliphatic heterocycles. The molecule has 0 unspecified atom stereocenters. The lowest BCUT2D eigenvalue weighted by Gasteiger charge is -2.32. The van der Waals surface area contributed by atoms with Gasteiger partial charge in [-0.05, 0) is 11.6 Å². The van der Waals surface area contributed by atoms with Crippen molar-refractivity contribution in [2.24, 2.45) is 0 Å². The maximum Gasteiger partial charge on any atom is 0.288 e. The first-order chi connectivity index (χ1) is 12.3. The Balaban J connectivity index is 1.96. The number of dihydropyridines is 1. The van der Waals surface area contributed by atoms with E-state index in [1.807, 2.05) is 0 Å². The summed E-state index contributed by atoms with van der Waals surface area (Å²) in [6, 6.07) is 4.12. The maximum atomic E-state index is 12.6. The summed E-state index contributed by atoms with van der Waals surface area (Å²) in [6.07, 6.45) is 0.300. The molecule has 0 aromatic heterocycles. The minimum atomic E-state index is -3.57. The minimum Gasteiger partial charge on any atom is -0.367 e. The van der Waals surface area contributed by atoms with Gasteiger partial charge in [-0.2, -0.15) is 0 Å². The monoisotopic (exact) mass is 396 g/mol.